The average Bonchev–Trinajstić information content (AvgIpc) is 2.88. The van der Waals surface area contributed by atoms with Crippen LogP contribution >= 0.6 is 0 Å². The summed E-state index contributed by atoms with van der Waals surface area (Å²) >= 11 is 0. The van der Waals surface area contributed by atoms with Crippen LogP contribution in [0.3, 0.4) is 0 Å². The molecule has 0 saturated carbocycles. The van der Waals surface area contributed by atoms with Crippen molar-refractivity contribution in [2.75, 3.05) is 61.0 Å². The van der Waals surface area contributed by atoms with Crippen LogP contribution in [0.5, 0.6) is 0 Å². The van der Waals surface area contributed by atoms with Crippen LogP contribution < -0.4 is 20.0 Å². The Morgan fingerprint density at radius 2 is 1.91 bits per heavy atom. The molecule has 5 rings (SSSR count). The number of nitrogens with zero attached hydrogens (tertiary/aromatic N) is 7. The summed E-state index contributed by atoms with van der Waals surface area (Å²) < 4.78 is 0. The normalized spacial score (nSPS) is 21.1. The Balaban J connectivity index is 1.37. The summed E-state index contributed by atoms with van der Waals surface area (Å²) in [5, 5.41) is 13.9. The molecule has 2 atom stereocenters. The highest BCUT2D eigenvalue weighted by molar-refractivity contribution is 5.95. The SMILES string of the molecule is C[C@H]1C[C@@H](N(C)c2cnc(N3CCNCC3)cn2)CN(c2ccc(C#N)c3ncccc23)C1. The standard InChI is InChI=1S/C25H30N8/c1-18-12-20(31(2)23-14-30-24(15-29-23)32-10-8-27-9-11-32)17-33(16-18)22-6-5-19(13-26)25-21(22)4-3-7-28-25/h3-7,14-15,18,20,27H,8-12,16-17H2,1-2H3/t18-,20+/m0/s1. The van der Waals surface area contributed by atoms with E-state index in [0.29, 0.717) is 17.5 Å². The Morgan fingerprint density at radius 1 is 1.06 bits per heavy atom. The van der Waals surface area contributed by atoms with Crippen molar-refractivity contribution in [1.82, 2.24) is 20.3 Å². The summed E-state index contributed by atoms with van der Waals surface area (Å²) in [6.07, 6.45) is 6.66. The third-order valence-corrected chi connectivity index (χ3v) is 6.82. The molecule has 0 aliphatic carbocycles. The third kappa shape index (κ3) is 4.29. The molecule has 0 amide bonds. The van der Waals surface area contributed by atoms with Gasteiger partial charge >= 0.3 is 0 Å². The lowest BCUT2D eigenvalue weighted by atomic mass is 9.93. The molecule has 1 N–H and O–H groups in total. The fraction of sp³-hybridized carbons (Fsp3) is 0.440. The molecule has 2 fully saturated rings. The number of pyridine rings is 1. The number of aromatic nitrogens is 3. The van der Waals surface area contributed by atoms with Crippen molar-refractivity contribution in [1.29, 1.82) is 5.26 Å². The smallest absolute Gasteiger partial charge is 0.147 e. The van der Waals surface area contributed by atoms with Gasteiger partial charge in [0.1, 0.15) is 17.7 Å². The summed E-state index contributed by atoms with van der Waals surface area (Å²) in [7, 11) is 2.12. The Bertz CT molecular complexity index is 1150. The van der Waals surface area contributed by atoms with Crippen molar-refractivity contribution in [3.63, 3.8) is 0 Å². The number of likely N-dealkylation sites (N-methyl/N-ethyl adjacent to an activating group) is 1. The van der Waals surface area contributed by atoms with Gasteiger partial charge in [-0.05, 0) is 36.6 Å². The van der Waals surface area contributed by atoms with Crippen molar-refractivity contribution < 1.29 is 0 Å². The molecule has 3 aromatic rings. The van der Waals surface area contributed by atoms with E-state index in [1.807, 2.05) is 24.5 Å². The van der Waals surface area contributed by atoms with Crippen LogP contribution in [0.25, 0.3) is 10.9 Å². The summed E-state index contributed by atoms with van der Waals surface area (Å²) in [4.78, 5) is 20.9. The van der Waals surface area contributed by atoms with E-state index in [4.69, 9.17) is 9.97 Å². The average molecular weight is 443 g/mol. The number of hydrogen-bond acceptors (Lipinski definition) is 8. The lowest BCUT2D eigenvalue weighted by Gasteiger charge is -2.42. The highest BCUT2D eigenvalue weighted by Gasteiger charge is 2.29. The lowest BCUT2D eigenvalue weighted by molar-refractivity contribution is 0.391. The number of hydrogen-bond donors (Lipinski definition) is 1. The minimum absolute atomic E-state index is 0.315. The predicted octanol–water partition coefficient (Wildman–Crippen LogP) is 2.66. The van der Waals surface area contributed by atoms with E-state index >= 15 is 0 Å². The molecule has 0 spiro atoms. The van der Waals surface area contributed by atoms with E-state index in [2.05, 4.69) is 57.2 Å². The molecule has 2 aromatic heterocycles. The molecule has 0 unspecified atom stereocenters. The molecule has 0 bridgehead atoms. The van der Waals surface area contributed by atoms with Gasteiger partial charge in [-0.1, -0.05) is 6.92 Å². The van der Waals surface area contributed by atoms with Gasteiger partial charge in [-0.15, -0.1) is 0 Å². The Hall–Kier alpha value is -3.44. The maximum absolute atomic E-state index is 9.49. The molecule has 2 saturated heterocycles. The Labute approximate surface area is 194 Å². The summed E-state index contributed by atoms with van der Waals surface area (Å²) in [5.41, 5.74) is 2.53. The monoisotopic (exact) mass is 442 g/mol. The van der Waals surface area contributed by atoms with Gasteiger partial charge in [-0.2, -0.15) is 5.26 Å². The number of benzene rings is 1. The van der Waals surface area contributed by atoms with E-state index in [-0.39, 0.29) is 0 Å². The number of nitriles is 1. The molecule has 8 nitrogen and oxygen atoms in total. The number of nitrogens with one attached hydrogen (secondary N) is 1. The molecule has 1 aromatic carbocycles. The molecule has 170 valence electrons. The molecule has 4 heterocycles. The number of piperazine rings is 1. The van der Waals surface area contributed by atoms with E-state index in [1.165, 1.54) is 0 Å². The summed E-state index contributed by atoms with van der Waals surface area (Å²) in [6.45, 7) is 8.07. The zero-order chi connectivity index (χ0) is 22.8. The van der Waals surface area contributed by atoms with Gasteiger partial charge < -0.3 is 20.0 Å². The highest BCUT2D eigenvalue weighted by Crippen LogP contribution is 2.33. The number of piperidine rings is 1. The maximum Gasteiger partial charge on any atom is 0.147 e. The van der Waals surface area contributed by atoms with E-state index < -0.39 is 0 Å². The molecule has 33 heavy (non-hydrogen) atoms. The third-order valence-electron chi connectivity index (χ3n) is 6.82. The van der Waals surface area contributed by atoms with Gasteiger partial charge in [-0.25, -0.2) is 9.97 Å². The molecule has 2 aliphatic rings. The first-order valence-corrected chi connectivity index (χ1v) is 11.7. The Morgan fingerprint density at radius 3 is 2.67 bits per heavy atom. The van der Waals surface area contributed by atoms with Gasteiger partial charge in [0.2, 0.25) is 0 Å². The van der Waals surface area contributed by atoms with Crippen molar-refractivity contribution in [2.45, 2.75) is 19.4 Å². The largest absolute Gasteiger partial charge is 0.369 e. The van der Waals surface area contributed by atoms with Crippen LogP contribution in [-0.2, 0) is 0 Å². The quantitative estimate of drug-likeness (QED) is 0.660. The van der Waals surface area contributed by atoms with Gasteiger partial charge in [0.25, 0.3) is 0 Å². The van der Waals surface area contributed by atoms with E-state index in [9.17, 15) is 5.26 Å². The maximum atomic E-state index is 9.49. The van der Waals surface area contributed by atoms with Crippen LogP contribution in [0.2, 0.25) is 0 Å². The lowest BCUT2D eigenvalue weighted by Crippen LogP contribution is -2.50. The minimum atomic E-state index is 0.315. The van der Waals surface area contributed by atoms with Crippen molar-refractivity contribution >= 4 is 28.2 Å². The first kappa shape index (κ1) is 21.4. The minimum Gasteiger partial charge on any atom is -0.369 e. The highest BCUT2D eigenvalue weighted by atomic mass is 15.3. The van der Waals surface area contributed by atoms with Crippen LogP contribution in [-0.4, -0.2) is 67.3 Å². The molecule has 2 aliphatic heterocycles. The van der Waals surface area contributed by atoms with Crippen LogP contribution in [0, 0.1) is 17.2 Å². The van der Waals surface area contributed by atoms with Gasteiger partial charge in [0.15, 0.2) is 0 Å². The number of fused-ring (bicyclic) bond motifs is 1. The Kier molecular flexibility index (Phi) is 5.97. The second-order valence-electron chi connectivity index (χ2n) is 9.12. The van der Waals surface area contributed by atoms with Gasteiger partial charge in [0, 0.05) is 69.6 Å². The number of rotatable bonds is 4. The van der Waals surface area contributed by atoms with Crippen LogP contribution in [0.1, 0.15) is 18.9 Å². The fourth-order valence-corrected chi connectivity index (χ4v) is 5.06. The predicted molar refractivity (Wildman–Crippen MR) is 132 cm³/mol. The van der Waals surface area contributed by atoms with Crippen molar-refractivity contribution in [3.8, 4) is 6.07 Å². The first-order chi connectivity index (χ1) is 16.1. The van der Waals surface area contributed by atoms with Gasteiger partial charge in [-0.3, -0.25) is 4.98 Å². The first-order valence-electron chi connectivity index (χ1n) is 11.7. The van der Waals surface area contributed by atoms with E-state index in [1.54, 1.807) is 6.20 Å². The van der Waals surface area contributed by atoms with Crippen LogP contribution in [0.4, 0.5) is 17.3 Å². The van der Waals surface area contributed by atoms with E-state index in [0.717, 1.165) is 73.9 Å². The zero-order valence-electron chi connectivity index (χ0n) is 19.3. The zero-order valence-corrected chi connectivity index (χ0v) is 19.3. The van der Waals surface area contributed by atoms with Gasteiger partial charge in [0.05, 0.1) is 23.5 Å². The second kappa shape index (κ2) is 9.20. The molecule has 0 radical (unpaired) electrons. The topological polar surface area (TPSA) is 84.2 Å². The van der Waals surface area contributed by atoms with Crippen molar-refractivity contribution in [2.24, 2.45) is 5.92 Å². The van der Waals surface area contributed by atoms with Crippen molar-refractivity contribution in [3.05, 3.63) is 48.4 Å². The van der Waals surface area contributed by atoms with Crippen LogP contribution in [0.15, 0.2) is 42.9 Å². The molecular weight excluding hydrogens is 412 g/mol. The fourth-order valence-electron chi connectivity index (χ4n) is 5.06. The number of anilines is 3. The summed E-state index contributed by atoms with van der Waals surface area (Å²) in [6, 6.07) is 10.6. The molecular formula is C25H30N8. The molecule has 8 heteroatoms. The summed E-state index contributed by atoms with van der Waals surface area (Å²) in [5.74, 6) is 2.38. The second-order valence-corrected chi connectivity index (χ2v) is 9.12.